The smallest absolute Gasteiger partial charge is 0.349 e. The van der Waals surface area contributed by atoms with Gasteiger partial charge in [-0.3, -0.25) is 4.79 Å². The predicted molar refractivity (Wildman–Crippen MR) is 109 cm³/mol. The van der Waals surface area contributed by atoms with Crippen molar-refractivity contribution in [3.05, 3.63) is 118 Å². The highest BCUT2D eigenvalue weighted by molar-refractivity contribution is 5.96. The summed E-state index contributed by atoms with van der Waals surface area (Å²) in [6.07, 6.45) is 0.621. The molecule has 4 heteroatoms. The molecule has 4 rings (SSSR count). The lowest BCUT2D eigenvalue weighted by molar-refractivity contribution is 0.0933. The van der Waals surface area contributed by atoms with Gasteiger partial charge >= 0.3 is 5.63 Å². The number of fused-ring (bicyclic) bond motifs is 1. The number of amides is 1. The maximum Gasteiger partial charge on any atom is 0.349 e. The fourth-order valence-electron chi connectivity index (χ4n) is 3.24. The Morgan fingerprint density at radius 2 is 1.50 bits per heavy atom. The molecule has 4 aromatic rings. The molecule has 0 saturated heterocycles. The third-order valence-corrected chi connectivity index (χ3v) is 4.68. The minimum atomic E-state index is -0.636. The number of carbonyl (C=O) groups excluding carboxylic acids is 1. The molecule has 0 aliphatic heterocycles. The van der Waals surface area contributed by atoms with Crippen LogP contribution in [0.25, 0.3) is 11.0 Å². The fraction of sp³-hybridized carbons (Fsp3) is 0.0833. The standard InChI is InChI=1S/C24H19NO3/c26-23(20-16-19-13-7-8-14-22(19)28-24(20)27)25-21(18-11-5-2-6-12-18)15-17-9-3-1-4-10-17/h1-14,16,21H,15H2,(H,25,26). The molecule has 1 amide bonds. The lowest BCUT2D eigenvalue weighted by atomic mass is 9.98. The first-order valence-electron chi connectivity index (χ1n) is 9.13. The van der Waals surface area contributed by atoms with Crippen LogP contribution in [0.1, 0.15) is 27.5 Å². The van der Waals surface area contributed by atoms with E-state index in [0.717, 1.165) is 11.1 Å². The Balaban J connectivity index is 1.65. The zero-order valence-electron chi connectivity index (χ0n) is 15.2. The average molecular weight is 369 g/mol. The van der Waals surface area contributed by atoms with Gasteiger partial charge in [-0.25, -0.2) is 4.79 Å². The van der Waals surface area contributed by atoms with E-state index in [1.165, 1.54) is 0 Å². The lowest BCUT2D eigenvalue weighted by Gasteiger charge is -2.19. The van der Waals surface area contributed by atoms with Gasteiger partial charge in [-0.2, -0.15) is 0 Å². The zero-order valence-corrected chi connectivity index (χ0v) is 15.2. The van der Waals surface area contributed by atoms with E-state index in [0.29, 0.717) is 17.4 Å². The fourth-order valence-corrected chi connectivity index (χ4v) is 3.24. The van der Waals surface area contributed by atoms with E-state index in [1.54, 1.807) is 18.2 Å². The first kappa shape index (κ1) is 17.7. The summed E-state index contributed by atoms with van der Waals surface area (Å²) in [5.74, 6) is -0.440. The second kappa shape index (κ2) is 7.92. The molecule has 0 saturated carbocycles. The van der Waals surface area contributed by atoms with Crippen LogP contribution in [-0.2, 0) is 6.42 Å². The first-order valence-corrected chi connectivity index (χ1v) is 9.13. The molecule has 0 fully saturated rings. The number of benzene rings is 3. The average Bonchev–Trinajstić information content (AvgIpc) is 2.74. The van der Waals surface area contributed by atoms with Gasteiger partial charge in [-0.15, -0.1) is 0 Å². The minimum absolute atomic E-state index is 0.00712. The number of para-hydroxylation sites is 1. The van der Waals surface area contributed by atoms with Crippen molar-refractivity contribution in [3.63, 3.8) is 0 Å². The maximum absolute atomic E-state index is 12.9. The molecule has 138 valence electrons. The van der Waals surface area contributed by atoms with Crippen molar-refractivity contribution in [2.75, 3.05) is 0 Å². The van der Waals surface area contributed by atoms with Crippen LogP contribution in [0.2, 0.25) is 0 Å². The van der Waals surface area contributed by atoms with Gasteiger partial charge < -0.3 is 9.73 Å². The summed E-state index contributed by atoms with van der Waals surface area (Å²) in [5, 5.41) is 3.72. The van der Waals surface area contributed by atoms with E-state index < -0.39 is 11.5 Å². The van der Waals surface area contributed by atoms with Gasteiger partial charge in [0.15, 0.2) is 0 Å². The van der Waals surface area contributed by atoms with Crippen LogP contribution >= 0.6 is 0 Å². The van der Waals surface area contributed by atoms with E-state index in [1.807, 2.05) is 72.8 Å². The van der Waals surface area contributed by atoms with E-state index in [2.05, 4.69) is 5.32 Å². The van der Waals surface area contributed by atoms with Crippen LogP contribution in [0.15, 0.2) is 100 Å². The SMILES string of the molecule is O=C(NC(Cc1ccccc1)c1ccccc1)c1cc2ccccc2oc1=O. The van der Waals surface area contributed by atoms with Crippen molar-refractivity contribution in [1.82, 2.24) is 5.32 Å². The topological polar surface area (TPSA) is 59.3 Å². The van der Waals surface area contributed by atoms with E-state index >= 15 is 0 Å². The van der Waals surface area contributed by atoms with Crippen LogP contribution in [0, 0.1) is 0 Å². The van der Waals surface area contributed by atoms with Gasteiger partial charge in [0.2, 0.25) is 0 Å². The summed E-state index contributed by atoms with van der Waals surface area (Å²) in [7, 11) is 0. The van der Waals surface area contributed by atoms with Crippen molar-refractivity contribution in [2.24, 2.45) is 0 Å². The van der Waals surface area contributed by atoms with Gasteiger partial charge in [0, 0.05) is 5.39 Å². The molecule has 0 radical (unpaired) electrons. The Morgan fingerprint density at radius 1 is 0.857 bits per heavy atom. The first-order chi connectivity index (χ1) is 13.7. The lowest BCUT2D eigenvalue weighted by Crippen LogP contribution is -2.33. The molecule has 1 unspecified atom stereocenters. The Hall–Kier alpha value is -3.66. The Labute approximate surface area is 162 Å². The van der Waals surface area contributed by atoms with Crippen LogP contribution in [0.5, 0.6) is 0 Å². The third-order valence-electron chi connectivity index (χ3n) is 4.68. The number of hydrogen-bond donors (Lipinski definition) is 1. The number of carbonyl (C=O) groups is 1. The van der Waals surface area contributed by atoms with Crippen molar-refractivity contribution in [2.45, 2.75) is 12.5 Å². The number of hydrogen-bond acceptors (Lipinski definition) is 3. The van der Waals surface area contributed by atoms with Gasteiger partial charge in [-0.1, -0.05) is 78.9 Å². The monoisotopic (exact) mass is 369 g/mol. The van der Waals surface area contributed by atoms with Crippen LogP contribution in [-0.4, -0.2) is 5.91 Å². The van der Waals surface area contributed by atoms with Crippen molar-refractivity contribution in [1.29, 1.82) is 0 Å². The van der Waals surface area contributed by atoms with Gasteiger partial charge in [0.25, 0.3) is 5.91 Å². The zero-order chi connectivity index (χ0) is 19.3. The second-order valence-corrected chi connectivity index (χ2v) is 6.61. The summed E-state index contributed by atoms with van der Waals surface area (Å²) in [5.41, 5.74) is 1.91. The quantitative estimate of drug-likeness (QED) is 0.527. The Bertz CT molecular complexity index is 1150. The summed E-state index contributed by atoms with van der Waals surface area (Å²) in [6.45, 7) is 0. The highest BCUT2D eigenvalue weighted by Crippen LogP contribution is 2.19. The molecule has 0 spiro atoms. The molecule has 1 heterocycles. The highest BCUT2D eigenvalue weighted by Gasteiger charge is 2.19. The number of nitrogens with one attached hydrogen (secondary N) is 1. The van der Waals surface area contributed by atoms with Crippen LogP contribution in [0.4, 0.5) is 0 Å². The molecule has 0 aliphatic carbocycles. The molecule has 0 bridgehead atoms. The van der Waals surface area contributed by atoms with Gasteiger partial charge in [0.1, 0.15) is 11.1 Å². The molecule has 28 heavy (non-hydrogen) atoms. The highest BCUT2D eigenvalue weighted by atomic mass is 16.4. The summed E-state index contributed by atoms with van der Waals surface area (Å²) < 4.78 is 5.30. The molecule has 4 nitrogen and oxygen atoms in total. The van der Waals surface area contributed by atoms with Crippen molar-refractivity contribution < 1.29 is 9.21 Å². The molecule has 1 aromatic heterocycles. The Morgan fingerprint density at radius 3 is 2.25 bits per heavy atom. The van der Waals surface area contributed by atoms with E-state index in [9.17, 15) is 9.59 Å². The molecule has 1 atom stereocenters. The second-order valence-electron chi connectivity index (χ2n) is 6.61. The van der Waals surface area contributed by atoms with Crippen molar-refractivity contribution >= 4 is 16.9 Å². The predicted octanol–water partition coefficient (Wildman–Crippen LogP) is 4.51. The van der Waals surface area contributed by atoms with E-state index in [4.69, 9.17) is 4.42 Å². The van der Waals surface area contributed by atoms with Crippen LogP contribution in [0.3, 0.4) is 0 Å². The summed E-state index contributed by atoms with van der Waals surface area (Å²) in [6, 6.07) is 28.1. The largest absolute Gasteiger partial charge is 0.422 e. The molecule has 0 aliphatic rings. The number of rotatable bonds is 5. The summed E-state index contributed by atoms with van der Waals surface area (Å²) >= 11 is 0. The maximum atomic E-state index is 12.9. The third kappa shape index (κ3) is 3.86. The van der Waals surface area contributed by atoms with Gasteiger partial charge in [-0.05, 0) is 29.7 Å². The minimum Gasteiger partial charge on any atom is -0.422 e. The Kier molecular flexibility index (Phi) is 5.02. The van der Waals surface area contributed by atoms with Crippen molar-refractivity contribution in [3.8, 4) is 0 Å². The van der Waals surface area contributed by atoms with E-state index in [-0.39, 0.29) is 11.6 Å². The molecule has 1 N–H and O–H groups in total. The summed E-state index contributed by atoms with van der Waals surface area (Å²) in [4.78, 5) is 25.2. The van der Waals surface area contributed by atoms with Gasteiger partial charge in [0.05, 0.1) is 6.04 Å². The molecular formula is C24H19NO3. The molecule has 3 aromatic carbocycles. The molecular weight excluding hydrogens is 350 g/mol. The normalized spacial score (nSPS) is 11.9. The van der Waals surface area contributed by atoms with Crippen LogP contribution < -0.4 is 10.9 Å².